The van der Waals surface area contributed by atoms with Crippen molar-refractivity contribution in [2.75, 3.05) is 6.16 Å². The third-order valence-electron chi connectivity index (χ3n) is 0.348. The Kier molecular flexibility index (Phi) is 2.52. The first-order valence-corrected chi connectivity index (χ1v) is 3.25. The predicted molar refractivity (Wildman–Crippen MR) is 23.7 cm³/mol. The Labute approximate surface area is 32.2 Å². The molecule has 0 aromatic carbocycles. The maximum absolute atomic E-state index is 9.78. The highest BCUT2D eigenvalue weighted by Crippen LogP contribution is 2.02. The Morgan fingerprint density at radius 2 is 2.20 bits per heavy atom. The molecule has 0 radical (unpaired) electrons. The first kappa shape index (κ1) is 5.19. The van der Waals surface area contributed by atoms with Crippen LogP contribution in [-0.4, -0.2) is 6.16 Å². The van der Waals surface area contributed by atoms with Gasteiger partial charge in [-0.2, -0.15) is 0 Å². The summed E-state index contributed by atoms with van der Waals surface area (Å²) in [7, 11) is -1.62. The number of hydrogen-bond donors (Lipinski definition) is 1. The van der Waals surface area contributed by atoms with E-state index in [1.165, 1.54) is 0 Å². The molecule has 0 fully saturated rings. The van der Waals surface area contributed by atoms with E-state index in [0.29, 0.717) is 6.16 Å². The van der Waals surface area contributed by atoms with E-state index in [9.17, 15) is 4.57 Å². The molecular formula is C2H8NOP. The molecule has 1 unspecified atom stereocenters. The lowest BCUT2D eigenvalue weighted by atomic mass is 11.0. The van der Waals surface area contributed by atoms with Crippen LogP contribution in [0.25, 0.3) is 0 Å². The molecule has 2 nitrogen and oxygen atoms in total. The van der Waals surface area contributed by atoms with E-state index in [1.807, 2.05) is 0 Å². The fraction of sp³-hybridized carbons (Fsp3) is 1.00. The molecule has 0 aromatic heterocycles. The topological polar surface area (TPSA) is 43.1 Å². The van der Waals surface area contributed by atoms with Gasteiger partial charge < -0.3 is 4.57 Å². The van der Waals surface area contributed by atoms with Crippen LogP contribution in [0.3, 0.4) is 0 Å². The maximum Gasteiger partial charge on any atom is 0.133 e. The fourth-order valence-corrected chi connectivity index (χ4v) is 0. The van der Waals surface area contributed by atoms with Crippen molar-refractivity contribution in [2.45, 2.75) is 6.92 Å². The van der Waals surface area contributed by atoms with Gasteiger partial charge in [0, 0.05) is 6.16 Å². The van der Waals surface area contributed by atoms with Crippen molar-refractivity contribution < 1.29 is 4.57 Å². The highest BCUT2D eigenvalue weighted by Gasteiger charge is 1.73. The van der Waals surface area contributed by atoms with Crippen molar-refractivity contribution in [1.82, 2.24) is 0 Å². The molecule has 0 heterocycles. The van der Waals surface area contributed by atoms with Gasteiger partial charge >= 0.3 is 0 Å². The van der Waals surface area contributed by atoms with Gasteiger partial charge in [0.2, 0.25) is 0 Å². The molecule has 0 saturated carbocycles. The van der Waals surface area contributed by atoms with Gasteiger partial charge in [-0.3, -0.25) is 5.50 Å². The predicted octanol–water partition coefficient (Wildman–Crippen LogP) is 0.440. The van der Waals surface area contributed by atoms with Crippen molar-refractivity contribution in [3.63, 3.8) is 0 Å². The molecule has 0 aliphatic heterocycles. The summed E-state index contributed by atoms with van der Waals surface area (Å²) in [6.07, 6.45) is 0.630. The van der Waals surface area contributed by atoms with Crippen LogP contribution in [-0.2, 0) is 4.57 Å². The SMILES string of the molecule is CC[PH](N)=O. The van der Waals surface area contributed by atoms with Crippen LogP contribution in [0.2, 0.25) is 0 Å². The minimum Gasteiger partial charge on any atom is -0.310 e. The Morgan fingerprint density at radius 3 is 2.20 bits per heavy atom. The van der Waals surface area contributed by atoms with Gasteiger partial charge in [0.15, 0.2) is 0 Å². The minimum absolute atomic E-state index is 0.630. The Hall–Kier alpha value is 0.190. The number of hydrogen-bond acceptors (Lipinski definition) is 1. The molecule has 2 N–H and O–H groups in total. The van der Waals surface area contributed by atoms with Crippen molar-refractivity contribution in [1.29, 1.82) is 0 Å². The molecule has 0 bridgehead atoms. The van der Waals surface area contributed by atoms with Crippen molar-refractivity contribution in [2.24, 2.45) is 5.50 Å². The molecule has 0 spiro atoms. The lowest BCUT2D eigenvalue weighted by molar-refractivity contribution is 0.589. The summed E-state index contributed by atoms with van der Waals surface area (Å²) in [5.41, 5.74) is 4.84. The van der Waals surface area contributed by atoms with Gasteiger partial charge in [-0.25, -0.2) is 0 Å². The Balaban J connectivity index is 2.85. The van der Waals surface area contributed by atoms with E-state index in [4.69, 9.17) is 5.50 Å². The second-order valence-corrected chi connectivity index (χ2v) is 2.46. The van der Waals surface area contributed by atoms with Gasteiger partial charge in [-0.05, 0) is 0 Å². The number of nitrogens with two attached hydrogens (primary N) is 1. The summed E-state index contributed by atoms with van der Waals surface area (Å²) >= 11 is 0. The van der Waals surface area contributed by atoms with E-state index < -0.39 is 7.95 Å². The van der Waals surface area contributed by atoms with Crippen LogP contribution in [0.1, 0.15) is 6.92 Å². The van der Waals surface area contributed by atoms with Gasteiger partial charge in [0.05, 0.1) is 0 Å². The lowest BCUT2D eigenvalue weighted by Crippen LogP contribution is -1.76. The quantitative estimate of drug-likeness (QED) is 0.478. The average Bonchev–Trinajstić information content (AvgIpc) is 1.38. The molecule has 32 valence electrons. The molecular weight excluding hydrogens is 85.0 g/mol. The van der Waals surface area contributed by atoms with Crippen molar-refractivity contribution in [3.05, 3.63) is 0 Å². The minimum atomic E-state index is -1.62. The zero-order chi connectivity index (χ0) is 4.28. The van der Waals surface area contributed by atoms with E-state index in [0.717, 1.165) is 0 Å². The third-order valence-corrected chi connectivity index (χ3v) is 1.05. The van der Waals surface area contributed by atoms with Crippen LogP contribution in [0.5, 0.6) is 0 Å². The second-order valence-electron chi connectivity index (χ2n) is 0.820. The van der Waals surface area contributed by atoms with E-state index in [1.54, 1.807) is 6.92 Å². The highest BCUT2D eigenvalue weighted by molar-refractivity contribution is 7.41. The van der Waals surface area contributed by atoms with Crippen molar-refractivity contribution in [3.8, 4) is 0 Å². The van der Waals surface area contributed by atoms with E-state index in [2.05, 4.69) is 0 Å². The first-order chi connectivity index (χ1) is 2.27. The standard InChI is InChI=1S/C2H8NOP/c1-2-5(3)4/h5H,2H2,1H3,(H2,3,4). The zero-order valence-electron chi connectivity index (χ0n) is 3.19. The van der Waals surface area contributed by atoms with Gasteiger partial charge in [0.1, 0.15) is 7.95 Å². The summed E-state index contributed by atoms with van der Waals surface area (Å²) in [6, 6.07) is 0. The Bertz CT molecular complexity index is 44.9. The molecule has 0 saturated heterocycles. The largest absolute Gasteiger partial charge is 0.310 e. The first-order valence-electron chi connectivity index (χ1n) is 1.55. The van der Waals surface area contributed by atoms with Crippen LogP contribution >= 0.6 is 7.95 Å². The van der Waals surface area contributed by atoms with Gasteiger partial charge in [0.25, 0.3) is 0 Å². The molecule has 0 aliphatic carbocycles. The van der Waals surface area contributed by atoms with Crippen LogP contribution < -0.4 is 5.50 Å². The smallest absolute Gasteiger partial charge is 0.133 e. The zero-order valence-corrected chi connectivity index (χ0v) is 4.19. The monoisotopic (exact) mass is 93.0 g/mol. The normalized spacial score (nSPS) is 14.8. The lowest BCUT2D eigenvalue weighted by Gasteiger charge is -1.75. The number of rotatable bonds is 1. The Morgan fingerprint density at radius 1 is 2.00 bits per heavy atom. The highest BCUT2D eigenvalue weighted by atomic mass is 31.1. The van der Waals surface area contributed by atoms with Gasteiger partial charge in [-0.1, -0.05) is 6.92 Å². The van der Waals surface area contributed by atoms with Crippen LogP contribution in [0.15, 0.2) is 0 Å². The van der Waals surface area contributed by atoms with E-state index >= 15 is 0 Å². The summed E-state index contributed by atoms with van der Waals surface area (Å²) in [5, 5.41) is 0. The molecule has 1 atom stereocenters. The molecule has 5 heavy (non-hydrogen) atoms. The van der Waals surface area contributed by atoms with Gasteiger partial charge in [-0.15, -0.1) is 0 Å². The summed E-state index contributed by atoms with van der Waals surface area (Å²) < 4.78 is 9.78. The molecule has 0 amide bonds. The molecule has 0 aromatic rings. The van der Waals surface area contributed by atoms with Crippen LogP contribution in [0.4, 0.5) is 0 Å². The second kappa shape index (κ2) is 2.43. The van der Waals surface area contributed by atoms with Crippen molar-refractivity contribution >= 4 is 7.95 Å². The van der Waals surface area contributed by atoms with E-state index in [-0.39, 0.29) is 0 Å². The fourth-order valence-electron chi connectivity index (χ4n) is 0. The summed E-state index contributed by atoms with van der Waals surface area (Å²) in [4.78, 5) is 0. The maximum atomic E-state index is 9.78. The average molecular weight is 93.1 g/mol. The van der Waals surface area contributed by atoms with Crippen LogP contribution in [0, 0.1) is 0 Å². The molecule has 0 rings (SSSR count). The summed E-state index contributed by atoms with van der Waals surface area (Å²) in [5.74, 6) is 0. The third kappa shape index (κ3) is 4.19. The molecule has 0 aliphatic rings. The summed E-state index contributed by atoms with van der Waals surface area (Å²) in [6.45, 7) is 1.81. The molecule has 3 heteroatoms.